The highest BCUT2D eigenvalue weighted by molar-refractivity contribution is 8.00. The van der Waals surface area contributed by atoms with E-state index in [0.29, 0.717) is 17.0 Å². The summed E-state index contributed by atoms with van der Waals surface area (Å²) in [6.45, 7) is 6.14. The Bertz CT molecular complexity index is 797. The van der Waals surface area contributed by atoms with Crippen molar-refractivity contribution in [3.05, 3.63) is 35.2 Å². The van der Waals surface area contributed by atoms with Gasteiger partial charge in [-0.05, 0) is 56.9 Å². The molecule has 1 unspecified atom stereocenters. The highest BCUT2D eigenvalue weighted by Gasteiger charge is 2.22. The van der Waals surface area contributed by atoms with Gasteiger partial charge in [0.05, 0.1) is 5.25 Å². The average molecular weight is 404 g/mol. The summed E-state index contributed by atoms with van der Waals surface area (Å²) >= 11 is 1.31. The number of benzene rings is 1. The number of nitrogens with zero attached hydrogens (tertiary/aromatic N) is 3. The Morgan fingerprint density at radius 2 is 1.93 bits per heavy atom. The van der Waals surface area contributed by atoms with Crippen molar-refractivity contribution >= 4 is 17.7 Å². The fourth-order valence-electron chi connectivity index (χ4n) is 3.43. The van der Waals surface area contributed by atoms with Gasteiger partial charge in [-0.15, -0.1) is 10.2 Å². The van der Waals surface area contributed by atoms with Gasteiger partial charge < -0.3 is 15.9 Å². The fraction of sp³-hybridized carbons (Fsp3) is 0.550. The first kappa shape index (κ1) is 20.5. The number of thioether (sulfide) groups is 1. The van der Waals surface area contributed by atoms with Crippen LogP contribution in [0.25, 0.3) is 0 Å². The predicted octanol–water partition coefficient (Wildman–Crippen LogP) is 3.12. The first-order valence-electron chi connectivity index (χ1n) is 9.80. The summed E-state index contributed by atoms with van der Waals surface area (Å²) in [5.74, 6) is 7.43. The number of hydrogen-bond donors (Lipinski definition) is 2. The van der Waals surface area contributed by atoms with E-state index in [1.807, 2.05) is 32.9 Å². The van der Waals surface area contributed by atoms with Crippen LogP contribution in [0.3, 0.4) is 0 Å². The molecule has 0 saturated heterocycles. The molecule has 152 valence electrons. The molecule has 28 heavy (non-hydrogen) atoms. The first-order valence-corrected chi connectivity index (χ1v) is 10.7. The second-order valence-corrected chi connectivity index (χ2v) is 8.79. The molecule has 0 aliphatic heterocycles. The monoisotopic (exact) mass is 403 g/mol. The first-order chi connectivity index (χ1) is 13.4. The molecule has 0 bridgehead atoms. The minimum atomic E-state index is -0.290. The van der Waals surface area contributed by atoms with Gasteiger partial charge >= 0.3 is 0 Å². The zero-order chi connectivity index (χ0) is 20.1. The van der Waals surface area contributed by atoms with Crippen LogP contribution < -0.4 is 15.9 Å². The number of rotatable bonds is 7. The van der Waals surface area contributed by atoms with Crippen molar-refractivity contribution in [3.63, 3.8) is 0 Å². The number of carbonyl (C=O) groups is 1. The van der Waals surface area contributed by atoms with E-state index in [1.165, 1.54) is 35.7 Å². The average Bonchev–Trinajstić information content (AvgIpc) is 3.00. The molecule has 3 rings (SSSR count). The third-order valence-corrected chi connectivity index (χ3v) is 5.96. The Hall–Kier alpha value is -2.22. The molecule has 1 aliphatic carbocycles. The van der Waals surface area contributed by atoms with E-state index in [-0.39, 0.29) is 17.8 Å². The van der Waals surface area contributed by atoms with Gasteiger partial charge in [-0.2, -0.15) is 0 Å². The summed E-state index contributed by atoms with van der Waals surface area (Å²) in [7, 11) is 0. The van der Waals surface area contributed by atoms with Gasteiger partial charge in [0.2, 0.25) is 11.1 Å². The van der Waals surface area contributed by atoms with Crippen LogP contribution in [0, 0.1) is 13.8 Å². The quantitative estimate of drug-likeness (QED) is 0.545. The van der Waals surface area contributed by atoms with E-state index in [9.17, 15) is 4.79 Å². The SMILES string of the molecule is Cc1cc(C)cc(OCc2nnc(SC(C)C(=O)NC3CCCCC3)n2N)c1. The number of hydrogen-bond acceptors (Lipinski definition) is 6. The Kier molecular flexibility index (Phi) is 6.83. The van der Waals surface area contributed by atoms with Gasteiger partial charge in [0.15, 0.2) is 5.82 Å². The van der Waals surface area contributed by atoms with Crippen LogP contribution >= 0.6 is 11.8 Å². The van der Waals surface area contributed by atoms with Crippen LogP contribution in [-0.4, -0.2) is 32.1 Å². The van der Waals surface area contributed by atoms with Crippen LogP contribution in [0.15, 0.2) is 23.4 Å². The highest BCUT2D eigenvalue weighted by Crippen LogP contribution is 2.23. The number of ether oxygens (including phenoxy) is 1. The van der Waals surface area contributed by atoms with Crippen LogP contribution in [-0.2, 0) is 11.4 Å². The fourth-order valence-corrected chi connectivity index (χ4v) is 4.23. The van der Waals surface area contributed by atoms with Crippen LogP contribution in [0.5, 0.6) is 5.75 Å². The maximum atomic E-state index is 12.5. The second kappa shape index (κ2) is 9.32. The van der Waals surface area contributed by atoms with Crippen molar-refractivity contribution in [1.29, 1.82) is 0 Å². The minimum Gasteiger partial charge on any atom is -0.486 e. The lowest BCUT2D eigenvalue weighted by atomic mass is 9.95. The smallest absolute Gasteiger partial charge is 0.233 e. The molecule has 1 heterocycles. The van der Waals surface area contributed by atoms with Crippen LogP contribution in [0.4, 0.5) is 0 Å². The number of nitrogens with one attached hydrogen (secondary N) is 1. The highest BCUT2D eigenvalue weighted by atomic mass is 32.2. The van der Waals surface area contributed by atoms with E-state index >= 15 is 0 Å². The van der Waals surface area contributed by atoms with E-state index in [1.54, 1.807) is 0 Å². The number of amides is 1. The number of nitrogen functional groups attached to an aromatic ring is 1. The lowest BCUT2D eigenvalue weighted by molar-refractivity contribution is -0.121. The number of carbonyl (C=O) groups excluding carboxylic acids is 1. The van der Waals surface area contributed by atoms with Gasteiger partial charge in [-0.25, -0.2) is 4.68 Å². The lowest BCUT2D eigenvalue weighted by Gasteiger charge is -2.24. The van der Waals surface area contributed by atoms with Crippen molar-refractivity contribution in [3.8, 4) is 5.75 Å². The molecule has 1 aromatic heterocycles. The number of aromatic nitrogens is 3. The maximum absolute atomic E-state index is 12.5. The summed E-state index contributed by atoms with van der Waals surface area (Å²) in [4.78, 5) is 12.5. The molecule has 1 fully saturated rings. The minimum absolute atomic E-state index is 0.0212. The van der Waals surface area contributed by atoms with E-state index in [2.05, 4.69) is 21.6 Å². The summed E-state index contributed by atoms with van der Waals surface area (Å²) in [6.07, 6.45) is 5.77. The molecule has 7 nitrogen and oxygen atoms in total. The molecule has 0 radical (unpaired) electrons. The van der Waals surface area contributed by atoms with Gasteiger partial charge in [-0.3, -0.25) is 4.79 Å². The van der Waals surface area contributed by atoms with Gasteiger partial charge in [0, 0.05) is 6.04 Å². The normalized spacial score (nSPS) is 16.0. The van der Waals surface area contributed by atoms with E-state index in [0.717, 1.165) is 29.7 Å². The van der Waals surface area contributed by atoms with Crippen molar-refractivity contribution < 1.29 is 9.53 Å². The standard InChI is InChI=1S/C20H29N5O2S/c1-13-9-14(2)11-17(10-13)27-12-18-23-24-20(25(18)21)28-15(3)19(26)22-16-7-5-4-6-8-16/h9-11,15-16H,4-8,12,21H2,1-3H3,(H,22,26). The van der Waals surface area contributed by atoms with Gasteiger partial charge in [0.25, 0.3) is 0 Å². The molecule has 8 heteroatoms. The molecule has 1 aliphatic rings. The molecular formula is C20H29N5O2S. The molecule has 0 spiro atoms. The van der Waals surface area contributed by atoms with Crippen molar-refractivity contribution in [2.24, 2.45) is 0 Å². The summed E-state index contributed by atoms with van der Waals surface area (Å²) in [6, 6.07) is 6.32. The zero-order valence-corrected chi connectivity index (χ0v) is 17.6. The third kappa shape index (κ3) is 5.41. The van der Waals surface area contributed by atoms with Crippen molar-refractivity contribution in [1.82, 2.24) is 20.2 Å². The molecule has 1 saturated carbocycles. The summed E-state index contributed by atoms with van der Waals surface area (Å²) < 4.78 is 7.21. The Morgan fingerprint density at radius 3 is 2.61 bits per heavy atom. The molecule has 1 aromatic carbocycles. The van der Waals surface area contributed by atoms with E-state index < -0.39 is 0 Å². The molecule has 1 amide bonds. The summed E-state index contributed by atoms with van der Waals surface area (Å²) in [5, 5.41) is 11.6. The van der Waals surface area contributed by atoms with Gasteiger partial charge in [0.1, 0.15) is 12.4 Å². The molecule has 2 aromatic rings. The topological polar surface area (TPSA) is 95.1 Å². The Labute approximate surface area is 170 Å². The largest absolute Gasteiger partial charge is 0.486 e. The number of nitrogens with two attached hydrogens (primary N) is 1. The Balaban J connectivity index is 1.55. The lowest BCUT2D eigenvalue weighted by Crippen LogP contribution is -2.40. The Morgan fingerprint density at radius 1 is 1.25 bits per heavy atom. The molecular weight excluding hydrogens is 374 g/mol. The van der Waals surface area contributed by atoms with Crippen LogP contribution in [0.2, 0.25) is 0 Å². The van der Waals surface area contributed by atoms with E-state index in [4.69, 9.17) is 10.6 Å². The molecule has 1 atom stereocenters. The van der Waals surface area contributed by atoms with Crippen LogP contribution in [0.1, 0.15) is 56.0 Å². The van der Waals surface area contributed by atoms with Crippen molar-refractivity contribution in [2.45, 2.75) is 75.9 Å². The van der Waals surface area contributed by atoms with Gasteiger partial charge in [-0.1, -0.05) is 37.1 Å². The third-order valence-electron chi connectivity index (χ3n) is 4.90. The summed E-state index contributed by atoms with van der Waals surface area (Å²) in [5.41, 5.74) is 2.27. The second-order valence-electron chi connectivity index (χ2n) is 7.48. The maximum Gasteiger partial charge on any atom is 0.233 e. The molecule has 3 N–H and O–H groups in total. The number of aryl methyl sites for hydroxylation is 2. The predicted molar refractivity (Wildman–Crippen MR) is 111 cm³/mol. The zero-order valence-electron chi connectivity index (χ0n) is 16.8. The van der Waals surface area contributed by atoms with Crippen molar-refractivity contribution in [2.75, 3.05) is 5.84 Å².